The van der Waals surface area contributed by atoms with E-state index in [1.165, 1.54) is 0 Å². The Hall–Kier alpha value is -3.10. The average molecular weight is 470 g/mol. The van der Waals surface area contributed by atoms with Crippen molar-refractivity contribution < 1.29 is 9.59 Å². The van der Waals surface area contributed by atoms with Crippen LogP contribution in [0.3, 0.4) is 0 Å². The summed E-state index contributed by atoms with van der Waals surface area (Å²) in [4.78, 5) is 28.2. The molecule has 1 unspecified atom stereocenters. The molecule has 2 N–H and O–H groups in total. The summed E-state index contributed by atoms with van der Waals surface area (Å²) in [6.45, 7) is 1.80. The Morgan fingerprint density at radius 3 is 2.56 bits per heavy atom. The second-order valence-corrected chi connectivity index (χ2v) is 9.02. The Morgan fingerprint density at radius 2 is 1.91 bits per heavy atom. The van der Waals surface area contributed by atoms with Crippen LogP contribution in [-0.2, 0) is 9.59 Å². The van der Waals surface area contributed by atoms with Crippen LogP contribution >= 0.6 is 23.4 Å². The Kier molecular flexibility index (Phi) is 7.71. The summed E-state index contributed by atoms with van der Waals surface area (Å²) in [6.07, 6.45) is 3.80. The molecule has 2 aromatic rings. The van der Waals surface area contributed by atoms with E-state index in [-0.39, 0.29) is 23.4 Å². The zero-order chi connectivity index (χ0) is 23.3. The SMILES string of the molecule is CC(/C=C/c1ccc(N(C)C)cc1)=N\N=C(N)SC1CC(=O)N(c2cccc(Cl)c2)C1=O. The van der Waals surface area contributed by atoms with Gasteiger partial charge in [-0.3, -0.25) is 9.59 Å². The van der Waals surface area contributed by atoms with Gasteiger partial charge in [0.1, 0.15) is 5.25 Å². The van der Waals surface area contributed by atoms with Crippen molar-refractivity contribution in [2.75, 3.05) is 23.9 Å². The van der Waals surface area contributed by atoms with E-state index in [0.717, 1.165) is 27.9 Å². The van der Waals surface area contributed by atoms with Crippen molar-refractivity contribution in [2.24, 2.45) is 15.9 Å². The van der Waals surface area contributed by atoms with E-state index in [1.54, 1.807) is 31.2 Å². The molecule has 1 atom stereocenters. The number of carbonyl (C=O) groups excluding carboxylic acids is 2. The van der Waals surface area contributed by atoms with Crippen molar-refractivity contribution in [3.8, 4) is 0 Å². The van der Waals surface area contributed by atoms with Gasteiger partial charge < -0.3 is 10.6 Å². The Labute approximate surface area is 196 Å². The highest BCUT2D eigenvalue weighted by Gasteiger charge is 2.40. The van der Waals surface area contributed by atoms with Gasteiger partial charge in [-0.1, -0.05) is 47.6 Å². The number of carbonyl (C=O) groups is 2. The second kappa shape index (κ2) is 10.5. The Bertz CT molecular complexity index is 1100. The van der Waals surface area contributed by atoms with Crippen LogP contribution in [0.1, 0.15) is 18.9 Å². The standard InChI is InChI=1S/C23H24ClN5O2S/c1-15(7-8-16-9-11-18(12-10-16)28(2)3)26-27-23(25)32-20-14-21(30)29(22(20)31)19-6-4-5-17(24)13-19/h4-13,20H,14H2,1-3H3,(H2,25,27)/b8-7+,26-15+. The van der Waals surface area contributed by atoms with Gasteiger partial charge in [-0.2, -0.15) is 5.10 Å². The van der Waals surface area contributed by atoms with Crippen molar-refractivity contribution in [1.29, 1.82) is 0 Å². The molecule has 1 saturated heterocycles. The van der Waals surface area contributed by atoms with Gasteiger partial charge in [0.2, 0.25) is 11.8 Å². The number of benzene rings is 2. The number of imide groups is 1. The smallest absolute Gasteiger partial charge is 0.247 e. The average Bonchev–Trinajstić information content (AvgIpc) is 3.03. The van der Waals surface area contributed by atoms with Crippen molar-refractivity contribution >= 4 is 63.5 Å². The first-order valence-electron chi connectivity index (χ1n) is 9.87. The summed E-state index contributed by atoms with van der Waals surface area (Å²) >= 11 is 7.01. The Balaban J connectivity index is 1.61. The minimum atomic E-state index is -0.647. The van der Waals surface area contributed by atoms with Crippen molar-refractivity contribution in [1.82, 2.24) is 0 Å². The normalized spacial score (nSPS) is 17.5. The molecule has 0 saturated carbocycles. The minimum Gasteiger partial charge on any atom is -0.378 e. The minimum absolute atomic E-state index is 0.0395. The van der Waals surface area contributed by atoms with Gasteiger partial charge in [-0.05, 0) is 48.9 Å². The number of anilines is 2. The zero-order valence-electron chi connectivity index (χ0n) is 18.0. The maximum atomic E-state index is 12.7. The van der Waals surface area contributed by atoms with E-state index in [1.807, 2.05) is 55.4 Å². The topological polar surface area (TPSA) is 91.4 Å². The molecule has 0 aliphatic carbocycles. The number of hydrogen-bond acceptors (Lipinski definition) is 6. The number of nitrogens with zero attached hydrogens (tertiary/aromatic N) is 4. The molecule has 0 spiro atoms. The lowest BCUT2D eigenvalue weighted by Gasteiger charge is -2.14. The molecular formula is C23H24ClN5O2S. The molecule has 1 aliphatic heterocycles. The van der Waals surface area contributed by atoms with Crippen LogP contribution in [0.5, 0.6) is 0 Å². The number of hydrogen-bond donors (Lipinski definition) is 1. The first-order valence-corrected chi connectivity index (χ1v) is 11.1. The van der Waals surface area contributed by atoms with Gasteiger partial charge in [-0.25, -0.2) is 4.90 Å². The first kappa shape index (κ1) is 23.6. The molecule has 1 aliphatic rings. The van der Waals surface area contributed by atoms with Crippen LogP contribution in [-0.4, -0.2) is 42.0 Å². The highest BCUT2D eigenvalue weighted by atomic mass is 35.5. The largest absolute Gasteiger partial charge is 0.378 e. The van der Waals surface area contributed by atoms with Crippen LogP contribution in [0.25, 0.3) is 6.08 Å². The fourth-order valence-electron chi connectivity index (χ4n) is 3.01. The van der Waals surface area contributed by atoms with Crippen LogP contribution in [0, 0.1) is 0 Å². The number of halogens is 1. The third kappa shape index (κ3) is 5.99. The van der Waals surface area contributed by atoms with Gasteiger partial charge in [0, 0.05) is 31.2 Å². The molecule has 2 aromatic carbocycles. The van der Waals surface area contributed by atoms with Gasteiger partial charge in [0.05, 0.1) is 11.4 Å². The second-order valence-electron chi connectivity index (χ2n) is 7.36. The molecule has 0 aromatic heterocycles. The van der Waals surface area contributed by atoms with E-state index in [2.05, 4.69) is 10.2 Å². The predicted molar refractivity (Wildman–Crippen MR) is 134 cm³/mol. The lowest BCUT2D eigenvalue weighted by Crippen LogP contribution is -2.31. The molecule has 2 amide bonds. The zero-order valence-corrected chi connectivity index (χ0v) is 19.6. The maximum Gasteiger partial charge on any atom is 0.247 e. The van der Waals surface area contributed by atoms with Gasteiger partial charge in [0.15, 0.2) is 5.17 Å². The third-order valence-corrected chi connectivity index (χ3v) is 5.88. The summed E-state index contributed by atoms with van der Waals surface area (Å²) in [5.74, 6) is -0.646. The highest BCUT2D eigenvalue weighted by molar-refractivity contribution is 8.14. The predicted octanol–water partition coefficient (Wildman–Crippen LogP) is 4.18. The maximum absolute atomic E-state index is 12.7. The lowest BCUT2D eigenvalue weighted by atomic mass is 10.2. The number of amides is 2. The number of nitrogens with two attached hydrogens (primary N) is 1. The molecule has 1 heterocycles. The molecule has 0 radical (unpaired) electrons. The first-order chi connectivity index (χ1) is 15.2. The van der Waals surface area contributed by atoms with Crippen LogP contribution in [0.2, 0.25) is 5.02 Å². The molecule has 7 nitrogen and oxygen atoms in total. The molecule has 32 heavy (non-hydrogen) atoms. The number of rotatable bonds is 6. The van der Waals surface area contributed by atoms with E-state index in [9.17, 15) is 9.59 Å². The van der Waals surface area contributed by atoms with E-state index < -0.39 is 5.25 Å². The summed E-state index contributed by atoms with van der Waals surface area (Å²) < 4.78 is 0. The molecule has 166 valence electrons. The molecule has 9 heteroatoms. The van der Waals surface area contributed by atoms with Gasteiger partial charge in [0.25, 0.3) is 0 Å². The number of thioether (sulfide) groups is 1. The fraction of sp³-hybridized carbons (Fsp3) is 0.217. The van der Waals surface area contributed by atoms with Gasteiger partial charge in [-0.15, -0.1) is 5.10 Å². The molecule has 3 rings (SSSR count). The van der Waals surface area contributed by atoms with Crippen molar-refractivity contribution in [3.05, 3.63) is 65.2 Å². The van der Waals surface area contributed by atoms with Crippen molar-refractivity contribution in [3.63, 3.8) is 0 Å². The molecular weight excluding hydrogens is 446 g/mol. The van der Waals surface area contributed by atoms with E-state index in [4.69, 9.17) is 17.3 Å². The highest BCUT2D eigenvalue weighted by Crippen LogP contribution is 2.30. The summed E-state index contributed by atoms with van der Waals surface area (Å²) in [6, 6.07) is 14.7. The van der Waals surface area contributed by atoms with Crippen LogP contribution in [0.4, 0.5) is 11.4 Å². The third-order valence-electron chi connectivity index (χ3n) is 4.67. The quantitative estimate of drug-likeness (QED) is 0.296. The summed E-state index contributed by atoms with van der Waals surface area (Å²) in [7, 11) is 3.98. The van der Waals surface area contributed by atoms with Crippen molar-refractivity contribution in [2.45, 2.75) is 18.6 Å². The summed E-state index contributed by atoms with van der Waals surface area (Å²) in [5, 5.41) is 8.01. The van der Waals surface area contributed by atoms with Crippen LogP contribution < -0.4 is 15.5 Å². The van der Waals surface area contributed by atoms with E-state index >= 15 is 0 Å². The molecule has 0 bridgehead atoms. The summed E-state index contributed by atoms with van der Waals surface area (Å²) in [5.41, 5.74) is 9.20. The Morgan fingerprint density at radius 1 is 1.19 bits per heavy atom. The van der Waals surface area contributed by atoms with E-state index in [0.29, 0.717) is 16.4 Å². The lowest BCUT2D eigenvalue weighted by molar-refractivity contribution is -0.121. The molecule has 1 fully saturated rings. The number of allylic oxidation sites excluding steroid dienone is 1. The van der Waals surface area contributed by atoms with Gasteiger partial charge >= 0.3 is 0 Å². The fourth-order valence-corrected chi connectivity index (χ4v) is 4.01. The van der Waals surface area contributed by atoms with Crippen LogP contribution in [0.15, 0.2) is 64.8 Å². The number of amidine groups is 1. The monoisotopic (exact) mass is 469 g/mol.